The zero-order valence-electron chi connectivity index (χ0n) is 19.0. The molecule has 2 aromatic heterocycles. The number of pyridine rings is 1. The molecule has 1 aliphatic rings. The van der Waals surface area contributed by atoms with Gasteiger partial charge in [-0.15, -0.1) is 0 Å². The van der Waals surface area contributed by atoms with Gasteiger partial charge in [0, 0.05) is 31.8 Å². The Morgan fingerprint density at radius 3 is 2.58 bits per heavy atom. The summed E-state index contributed by atoms with van der Waals surface area (Å²) in [6, 6.07) is 6.01. The van der Waals surface area contributed by atoms with E-state index in [0.717, 1.165) is 49.1 Å². The third-order valence-corrected chi connectivity index (χ3v) is 6.32. The van der Waals surface area contributed by atoms with Crippen LogP contribution in [0.4, 0.5) is 8.78 Å². The number of halogens is 2. The summed E-state index contributed by atoms with van der Waals surface area (Å²) in [4.78, 5) is 28.0. The molecule has 0 unspecified atom stereocenters. The second-order valence-electron chi connectivity index (χ2n) is 8.87. The van der Waals surface area contributed by atoms with Gasteiger partial charge >= 0.3 is 0 Å². The molecule has 2 atom stereocenters. The van der Waals surface area contributed by atoms with Crippen LogP contribution in [-0.4, -0.2) is 34.3 Å². The van der Waals surface area contributed by atoms with Gasteiger partial charge in [0.05, 0.1) is 17.0 Å². The Kier molecular flexibility index (Phi) is 6.44. The summed E-state index contributed by atoms with van der Waals surface area (Å²) in [5, 5.41) is 5.39. The van der Waals surface area contributed by atoms with E-state index >= 15 is 8.78 Å². The van der Waals surface area contributed by atoms with Crippen LogP contribution in [0, 0.1) is 24.5 Å². The van der Waals surface area contributed by atoms with Gasteiger partial charge in [0.15, 0.2) is 0 Å². The van der Waals surface area contributed by atoms with Crippen molar-refractivity contribution in [3.63, 3.8) is 0 Å². The first-order valence-corrected chi connectivity index (χ1v) is 11.2. The minimum Gasteiger partial charge on any atom is -0.355 e. The van der Waals surface area contributed by atoms with Gasteiger partial charge in [-0.25, -0.2) is 13.8 Å². The average molecular weight is 455 g/mol. The molecule has 1 aromatic carbocycles. The number of carbonyl (C=O) groups is 2. The van der Waals surface area contributed by atoms with Crippen LogP contribution in [0.2, 0.25) is 0 Å². The van der Waals surface area contributed by atoms with Crippen molar-refractivity contribution in [2.75, 3.05) is 7.05 Å². The van der Waals surface area contributed by atoms with E-state index in [-0.39, 0.29) is 34.7 Å². The van der Waals surface area contributed by atoms with E-state index < -0.39 is 17.5 Å². The molecule has 1 fully saturated rings. The lowest BCUT2D eigenvalue weighted by Crippen LogP contribution is -2.37. The van der Waals surface area contributed by atoms with Crippen molar-refractivity contribution in [3.05, 3.63) is 58.9 Å². The quantitative estimate of drug-likeness (QED) is 0.607. The molecule has 0 aliphatic heterocycles. The summed E-state index contributed by atoms with van der Waals surface area (Å²) in [5.74, 6) is -2.01. The molecule has 6 nitrogen and oxygen atoms in total. The van der Waals surface area contributed by atoms with E-state index in [1.165, 1.54) is 14.0 Å². The molecule has 0 saturated heterocycles. The number of imidazole rings is 1. The van der Waals surface area contributed by atoms with E-state index in [0.29, 0.717) is 12.1 Å². The van der Waals surface area contributed by atoms with Crippen molar-refractivity contribution in [1.82, 2.24) is 20.0 Å². The number of fused-ring (bicyclic) bond motifs is 1. The maximum absolute atomic E-state index is 15.1. The number of benzene rings is 1. The highest BCUT2D eigenvalue weighted by atomic mass is 19.1. The average Bonchev–Trinajstić information content (AvgIpc) is 3.09. The van der Waals surface area contributed by atoms with Crippen LogP contribution in [0.15, 0.2) is 30.5 Å². The lowest BCUT2D eigenvalue weighted by Gasteiger charge is -2.29. The summed E-state index contributed by atoms with van der Waals surface area (Å²) in [6.45, 7) is 3.45. The molecule has 33 heavy (non-hydrogen) atoms. The topological polar surface area (TPSA) is 75.5 Å². The number of rotatable bonds is 5. The Bertz CT molecular complexity index is 1200. The SMILES string of the molecule is CNC(=O)c1cc(F)c(-c2nc3cc(C)ccn3c2C[C@H]2CCC[C@@H](NC(C)=O)C2)c(F)c1. The Morgan fingerprint density at radius 1 is 1.18 bits per heavy atom. The lowest BCUT2D eigenvalue weighted by atomic mass is 9.82. The number of hydrogen-bond acceptors (Lipinski definition) is 3. The van der Waals surface area contributed by atoms with Crippen LogP contribution in [-0.2, 0) is 11.2 Å². The zero-order valence-corrected chi connectivity index (χ0v) is 19.0. The van der Waals surface area contributed by atoms with Crippen molar-refractivity contribution in [3.8, 4) is 11.3 Å². The van der Waals surface area contributed by atoms with E-state index in [2.05, 4.69) is 15.6 Å². The maximum atomic E-state index is 15.1. The fraction of sp³-hybridized carbons (Fsp3) is 0.400. The molecule has 0 bridgehead atoms. The van der Waals surface area contributed by atoms with Crippen molar-refractivity contribution in [2.24, 2.45) is 5.92 Å². The monoisotopic (exact) mass is 454 g/mol. The highest BCUT2D eigenvalue weighted by molar-refractivity contribution is 5.94. The highest BCUT2D eigenvalue weighted by Crippen LogP contribution is 2.35. The summed E-state index contributed by atoms with van der Waals surface area (Å²) < 4.78 is 32.2. The van der Waals surface area contributed by atoms with E-state index in [9.17, 15) is 9.59 Å². The van der Waals surface area contributed by atoms with Gasteiger partial charge in [-0.3, -0.25) is 9.59 Å². The van der Waals surface area contributed by atoms with Crippen LogP contribution in [0.1, 0.15) is 54.2 Å². The third kappa shape index (κ3) is 4.74. The van der Waals surface area contributed by atoms with Crippen molar-refractivity contribution in [2.45, 2.75) is 52.0 Å². The van der Waals surface area contributed by atoms with Crippen LogP contribution >= 0.6 is 0 Å². The van der Waals surface area contributed by atoms with Crippen molar-refractivity contribution >= 4 is 17.5 Å². The van der Waals surface area contributed by atoms with Crippen molar-refractivity contribution in [1.29, 1.82) is 0 Å². The third-order valence-electron chi connectivity index (χ3n) is 6.32. The predicted molar refractivity (Wildman–Crippen MR) is 122 cm³/mol. The second-order valence-corrected chi connectivity index (χ2v) is 8.87. The minimum absolute atomic E-state index is 0.0491. The van der Waals surface area contributed by atoms with Gasteiger partial charge in [-0.2, -0.15) is 0 Å². The van der Waals surface area contributed by atoms with Crippen LogP contribution in [0.5, 0.6) is 0 Å². The summed E-state index contributed by atoms with van der Waals surface area (Å²) >= 11 is 0. The standard InChI is InChI=1S/C25H28F2N4O2/c1-14-7-8-31-21(11-16-5-4-6-18(10-16)29-15(2)32)24(30-22(31)9-14)23-19(26)12-17(13-20(23)27)25(33)28-3/h7-9,12-13,16,18H,4-6,10-11H2,1-3H3,(H,28,33)(H,29,32)/t16-,18+/m0/s1. The molecule has 8 heteroatoms. The van der Waals surface area contributed by atoms with Gasteiger partial charge < -0.3 is 15.0 Å². The first kappa shape index (κ1) is 22.9. The summed E-state index contributed by atoms with van der Waals surface area (Å²) in [6.07, 6.45) is 6.13. The van der Waals surface area contributed by atoms with Crippen LogP contribution in [0.25, 0.3) is 16.9 Å². The Morgan fingerprint density at radius 2 is 1.91 bits per heavy atom. The fourth-order valence-corrected chi connectivity index (χ4v) is 4.84. The number of aryl methyl sites for hydroxylation is 1. The van der Waals surface area contributed by atoms with Crippen LogP contribution in [0.3, 0.4) is 0 Å². The number of amides is 2. The van der Waals surface area contributed by atoms with Gasteiger partial charge in [-0.1, -0.05) is 6.42 Å². The van der Waals surface area contributed by atoms with Gasteiger partial charge in [-0.05, 0) is 68.4 Å². The highest BCUT2D eigenvalue weighted by Gasteiger charge is 2.28. The number of aromatic nitrogens is 2. The molecule has 2 heterocycles. The molecule has 0 radical (unpaired) electrons. The number of nitrogens with zero attached hydrogens (tertiary/aromatic N) is 2. The predicted octanol–water partition coefficient (Wildman–Crippen LogP) is 4.18. The molecule has 4 rings (SSSR count). The Labute approximate surface area is 191 Å². The number of carbonyl (C=O) groups excluding carboxylic acids is 2. The molecule has 2 amide bonds. The molecular formula is C25H28F2N4O2. The largest absolute Gasteiger partial charge is 0.355 e. The van der Waals surface area contributed by atoms with Gasteiger partial charge in [0.2, 0.25) is 5.91 Å². The first-order valence-electron chi connectivity index (χ1n) is 11.2. The molecule has 3 aromatic rings. The Balaban J connectivity index is 1.78. The minimum atomic E-state index is -0.824. The van der Waals surface area contributed by atoms with E-state index in [1.807, 2.05) is 29.7 Å². The molecule has 1 aliphatic carbocycles. The smallest absolute Gasteiger partial charge is 0.251 e. The van der Waals surface area contributed by atoms with Gasteiger partial charge in [0.25, 0.3) is 5.91 Å². The molecule has 1 saturated carbocycles. The fourth-order valence-electron chi connectivity index (χ4n) is 4.84. The maximum Gasteiger partial charge on any atom is 0.251 e. The first-order chi connectivity index (χ1) is 15.8. The summed E-state index contributed by atoms with van der Waals surface area (Å²) in [7, 11) is 1.41. The molecule has 174 valence electrons. The molecule has 2 N–H and O–H groups in total. The normalized spacial score (nSPS) is 18.3. The van der Waals surface area contributed by atoms with Crippen LogP contribution < -0.4 is 10.6 Å². The number of hydrogen-bond donors (Lipinski definition) is 2. The zero-order chi connectivity index (χ0) is 23.7. The molecular weight excluding hydrogens is 426 g/mol. The lowest BCUT2D eigenvalue weighted by molar-refractivity contribution is -0.119. The van der Waals surface area contributed by atoms with Gasteiger partial charge in [0.1, 0.15) is 17.3 Å². The molecule has 0 spiro atoms. The summed E-state index contributed by atoms with van der Waals surface area (Å²) in [5.41, 5.74) is 2.27. The number of nitrogens with one attached hydrogen (secondary N) is 2. The second kappa shape index (κ2) is 9.29. The van der Waals surface area contributed by atoms with Crippen molar-refractivity contribution < 1.29 is 18.4 Å². The van der Waals surface area contributed by atoms with E-state index in [4.69, 9.17) is 0 Å². The Hall–Kier alpha value is -3.29. The van der Waals surface area contributed by atoms with E-state index in [1.54, 1.807) is 0 Å².